The molecule has 0 aliphatic rings. The number of nitrogens with two attached hydrogens (primary N) is 1. The molecule has 0 fully saturated rings. The number of nitrogens with one attached hydrogen (secondary N) is 1. The van der Waals surface area contributed by atoms with E-state index < -0.39 is 0 Å². The van der Waals surface area contributed by atoms with Gasteiger partial charge in [-0.3, -0.25) is 5.41 Å². The van der Waals surface area contributed by atoms with E-state index in [9.17, 15) is 0 Å². The van der Waals surface area contributed by atoms with Crippen LogP contribution in [0.15, 0.2) is 40.6 Å². The number of rotatable bonds is 4. The summed E-state index contributed by atoms with van der Waals surface area (Å²) in [6, 6.07) is 9.12. The molecule has 0 saturated heterocycles. The van der Waals surface area contributed by atoms with Crippen molar-refractivity contribution in [1.29, 1.82) is 5.41 Å². The first kappa shape index (κ1) is 10.4. The Kier molecular flexibility index (Phi) is 3.79. The minimum absolute atomic E-state index is 0.0622. The molecule has 0 bridgehead atoms. The van der Waals surface area contributed by atoms with E-state index in [-0.39, 0.29) is 11.9 Å². The van der Waals surface area contributed by atoms with Crippen molar-refractivity contribution in [2.75, 3.05) is 0 Å². The topological polar surface area (TPSA) is 74.6 Å². The van der Waals surface area contributed by atoms with Crippen LogP contribution in [0.2, 0.25) is 0 Å². The summed E-state index contributed by atoms with van der Waals surface area (Å²) in [7, 11) is 0. The zero-order valence-corrected chi connectivity index (χ0v) is 8.14. The summed E-state index contributed by atoms with van der Waals surface area (Å²) in [6.45, 7) is 1.93. The number of amidine groups is 1. The van der Waals surface area contributed by atoms with Gasteiger partial charge in [0.05, 0.1) is 5.69 Å². The first-order chi connectivity index (χ1) is 6.74. The monoisotopic (exact) mass is 190 g/mol. The summed E-state index contributed by atoms with van der Waals surface area (Å²) in [6.07, 6.45) is 0.700. The van der Waals surface area contributed by atoms with Crippen molar-refractivity contribution >= 4 is 11.5 Å². The fourth-order valence-corrected chi connectivity index (χ4v) is 0.995. The van der Waals surface area contributed by atoms with Crippen molar-refractivity contribution in [3.8, 4) is 0 Å². The van der Waals surface area contributed by atoms with Gasteiger partial charge in [-0.05, 0) is 18.6 Å². The summed E-state index contributed by atoms with van der Waals surface area (Å²) in [5, 5.41) is 15.2. The summed E-state index contributed by atoms with van der Waals surface area (Å²) >= 11 is 0. The van der Waals surface area contributed by atoms with E-state index in [1.54, 1.807) is 0 Å². The van der Waals surface area contributed by atoms with E-state index in [4.69, 9.17) is 11.1 Å². The summed E-state index contributed by atoms with van der Waals surface area (Å²) in [5.74, 6) is 0.0622. The third-order valence-electron chi connectivity index (χ3n) is 1.81. The van der Waals surface area contributed by atoms with Crippen molar-refractivity contribution in [3.05, 3.63) is 30.3 Å². The summed E-state index contributed by atoms with van der Waals surface area (Å²) in [4.78, 5) is 0. The SMILES string of the molecule is CCC(N=Nc1ccccc1)C(=N)N. The fraction of sp³-hybridized carbons (Fsp3) is 0.300. The Morgan fingerprint density at radius 3 is 2.57 bits per heavy atom. The molecule has 0 spiro atoms. The molecule has 0 aliphatic carbocycles. The molecule has 3 N–H and O–H groups in total. The highest BCUT2D eigenvalue weighted by Gasteiger charge is 2.06. The first-order valence-electron chi connectivity index (χ1n) is 4.54. The van der Waals surface area contributed by atoms with E-state index in [0.29, 0.717) is 6.42 Å². The van der Waals surface area contributed by atoms with Crippen LogP contribution in [0, 0.1) is 5.41 Å². The second kappa shape index (κ2) is 5.11. The predicted molar refractivity (Wildman–Crippen MR) is 57.0 cm³/mol. The number of nitrogens with zero attached hydrogens (tertiary/aromatic N) is 2. The lowest BCUT2D eigenvalue weighted by Crippen LogP contribution is -2.24. The first-order valence-corrected chi connectivity index (χ1v) is 4.54. The summed E-state index contributed by atoms with van der Waals surface area (Å²) in [5.41, 5.74) is 6.13. The van der Waals surface area contributed by atoms with Crippen molar-refractivity contribution < 1.29 is 0 Å². The van der Waals surface area contributed by atoms with Gasteiger partial charge in [0.1, 0.15) is 11.9 Å². The molecular weight excluding hydrogens is 176 g/mol. The van der Waals surface area contributed by atoms with Crippen molar-refractivity contribution in [2.45, 2.75) is 19.4 Å². The zero-order valence-electron chi connectivity index (χ0n) is 8.14. The van der Waals surface area contributed by atoms with Crippen LogP contribution in [0.5, 0.6) is 0 Å². The van der Waals surface area contributed by atoms with E-state index in [0.717, 1.165) is 5.69 Å². The highest BCUT2D eigenvalue weighted by Crippen LogP contribution is 2.11. The van der Waals surface area contributed by atoms with Gasteiger partial charge in [0.2, 0.25) is 0 Å². The molecule has 0 saturated carbocycles. The Morgan fingerprint density at radius 1 is 1.43 bits per heavy atom. The van der Waals surface area contributed by atoms with E-state index >= 15 is 0 Å². The third-order valence-corrected chi connectivity index (χ3v) is 1.81. The molecule has 0 aliphatic heterocycles. The quantitative estimate of drug-likeness (QED) is 0.427. The molecule has 1 unspecified atom stereocenters. The van der Waals surface area contributed by atoms with Gasteiger partial charge in [-0.2, -0.15) is 10.2 Å². The highest BCUT2D eigenvalue weighted by molar-refractivity contribution is 5.82. The van der Waals surface area contributed by atoms with Crippen LogP contribution < -0.4 is 5.73 Å². The number of benzene rings is 1. The average molecular weight is 190 g/mol. The highest BCUT2D eigenvalue weighted by atomic mass is 15.1. The number of hydrogen-bond acceptors (Lipinski definition) is 3. The lowest BCUT2D eigenvalue weighted by Gasteiger charge is -2.04. The van der Waals surface area contributed by atoms with Crippen LogP contribution in [0.1, 0.15) is 13.3 Å². The van der Waals surface area contributed by atoms with Gasteiger partial charge >= 0.3 is 0 Å². The molecule has 1 rings (SSSR count). The maximum absolute atomic E-state index is 7.24. The number of hydrogen-bond donors (Lipinski definition) is 2. The molecule has 1 aromatic carbocycles. The molecule has 1 atom stereocenters. The molecule has 0 amide bonds. The second-order valence-corrected chi connectivity index (χ2v) is 2.93. The molecule has 4 nitrogen and oxygen atoms in total. The predicted octanol–water partition coefficient (Wildman–Crippen LogP) is 2.48. The van der Waals surface area contributed by atoms with Gasteiger partial charge in [0.15, 0.2) is 0 Å². The second-order valence-electron chi connectivity index (χ2n) is 2.93. The fourth-order valence-electron chi connectivity index (χ4n) is 0.995. The average Bonchev–Trinajstić information content (AvgIpc) is 2.20. The smallest absolute Gasteiger partial charge is 0.127 e. The zero-order chi connectivity index (χ0) is 10.4. The molecular formula is C10H14N4. The molecule has 14 heavy (non-hydrogen) atoms. The van der Waals surface area contributed by atoms with Gasteiger partial charge in [0, 0.05) is 0 Å². The largest absolute Gasteiger partial charge is 0.386 e. The minimum Gasteiger partial charge on any atom is -0.386 e. The standard InChI is InChI=1S/C10H14N4/c1-2-9(10(11)12)14-13-8-6-4-3-5-7-8/h3-7,9H,2H2,1H3,(H3,11,12). The molecule has 0 radical (unpaired) electrons. The Hall–Kier alpha value is -1.71. The van der Waals surface area contributed by atoms with Crippen LogP contribution in [0.3, 0.4) is 0 Å². The molecule has 1 aromatic rings. The minimum atomic E-state index is -0.296. The number of azo groups is 1. The summed E-state index contributed by atoms with van der Waals surface area (Å²) < 4.78 is 0. The van der Waals surface area contributed by atoms with Crippen LogP contribution in [-0.2, 0) is 0 Å². The molecule has 0 aromatic heterocycles. The van der Waals surface area contributed by atoms with E-state index in [1.165, 1.54) is 0 Å². The van der Waals surface area contributed by atoms with Crippen LogP contribution in [-0.4, -0.2) is 11.9 Å². The molecule has 0 heterocycles. The van der Waals surface area contributed by atoms with Crippen LogP contribution in [0.4, 0.5) is 5.69 Å². The van der Waals surface area contributed by atoms with E-state index in [1.807, 2.05) is 37.3 Å². The molecule has 4 heteroatoms. The van der Waals surface area contributed by atoms with Gasteiger partial charge in [-0.25, -0.2) is 0 Å². The lowest BCUT2D eigenvalue weighted by atomic mass is 10.2. The van der Waals surface area contributed by atoms with Gasteiger partial charge < -0.3 is 5.73 Å². The van der Waals surface area contributed by atoms with Crippen molar-refractivity contribution in [1.82, 2.24) is 0 Å². The maximum atomic E-state index is 7.24. The van der Waals surface area contributed by atoms with Gasteiger partial charge in [0.25, 0.3) is 0 Å². The lowest BCUT2D eigenvalue weighted by molar-refractivity contribution is 0.765. The van der Waals surface area contributed by atoms with Crippen LogP contribution >= 0.6 is 0 Å². The Morgan fingerprint density at radius 2 is 2.07 bits per heavy atom. The van der Waals surface area contributed by atoms with Crippen LogP contribution in [0.25, 0.3) is 0 Å². The van der Waals surface area contributed by atoms with Gasteiger partial charge in [-0.1, -0.05) is 25.1 Å². The Bertz CT molecular complexity index is 318. The Labute approximate surface area is 83.4 Å². The van der Waals surface area contributed by atoms with Gasteiger partial charge in [-0.15, -0.1) is 0 Å². The van der Waals surface area contributed by atoms with E-state index in [2.05, 4.69) is 10.2 Å². The third kappa shape index (κ3) is 2.97. The normalized spacial score (nSPS) is 12.9. The maximum Gasteiger partial charge on any atom is 0.127 e. The van der Waals surface area contributed by atoms with Crippen molar-refractivity contribution in [3.63, 3.8) is 0 Å². The Balaban J connectivity index is 2.67. The van der Waals surface area contributed by atoms with Crippen molar-refractivity contribution in [2.24, 2.45) is 16.0 Å². The molecule has 74 valence electrons.